The van der Waals surface area contributed by atoms with Crippen LogP contribution in [0.25, 0.3) is 0 Å². The van der Waals surface area contributed by atoms with Gasteiger partial charge < -0.3 is 4.90 Å². The van der Waals surface area contributed by atoms with Gasteiger partial charge in [0, 0.05) is 31.1 Å². The van der Waals surface area contributed by atoms with Gasteiger partial charge in [0.2, 0.25) is 0 Å². The van der Waals surface area contributed by atoms with E-state index in [1.165, 1.54) is 56.3 Å². The van der Waals surface area contributed by atoms with Gasteiger partial charge in [0.15, 0.2) is 0 Å². The van der Waals surface area contributed by atoms with Crippen LogP contribution in [0.3, 0.4) is 0 Å². The number of benzene rings is 1. The zero-order chi connectivity index (χ0) is 14.7. The van der Waals surface area contributed by atoms with Crippen molar-refractivity contribution >= 4 is 5.91 Å². The molecule has 5 aliphatic rings. The van der Waals surface area contributed by atoms with Crippen molar-refractivity contribution in [2.75, 3.05) is 19.6 Å². The Labute approximate surface area is 132 Å². The fourth-order valence-electron chi connectivity index (χ4n) is 5.36. The molecule has 0 spiro atoms. The van der Waals surface area contributed by atoms with Gasteiger partial charge in [-0.3, -0.25) is 9.69 Å². The fraction of sp³-hybridized carbons (Fsp3) is 0.632. The van der Waals surface area contributed by atoms with Crippen molar-refractivity contribution in [2.24, 2.45) is 5.92 Å². The topological polar surface area (TPSA) is 23.6 Å². The standard InChI is InChI=1S/C19H24N2O/c22-19-16-6-2-4-14-3-1-5-15(18(14)16)12-21(19)17-11-13-7-9-20(17)10-8-13/h2,4,6,13,15,17H,1,3,5,7-12H2/t15-,17+/m0/s1. The maximum atomic E-state index is 13.1. The van der Waals surface area contributed by atoms with Crippen LogP contribution in [0.2, 0.25) is 0 Å². The lowest BCUT2D eigenvalue weighted by molar-refractivity contribution is -0.0372. The van der Waals surface area contributed by atoms with Crippen LogP contribution < -0.4 is 0 Å². The lowest BCUT2D eigenvalue weighted by Crippen LogP contribution is -2.60. The van der Waals surface area contributed by atoms with Crippen molar-refractivity contribution < 1.29 is 4.79 Å². The first-order valence-electron chi connectivity index (χ1n) is 8.98. The highest BCUT2D eigenvalue weighted by atomic mass is 16.2. The molecule has 0 aromatic heterocycles. The highest BCUT2D eigenvalue weighted by Crippen LogP contribution is 2.42. The van der Waals surface area contributed by atoms with Gasteiger partial charge in [0.1, 0.15) is 0 Å². The predicted octanol–water partition coefficient (Wildman–Crippen LogP) is 3.00. The number of aryl methyl sites for hydroxylation is 1. The van der Waals surface area contributed by atoms with Gasteiger partial charge in [-0.05, 0) is 61.6 Å². The smallest absolute Gasteiger partial charge is 0.255 e. The van der Waals surface area contributed by atoms with Gasteiger partial charge in [0.25, 0.3) is 5.91 Å². The summed E-state index contributed by atoms with van der Waals surface area (Å²) in [6.07, 6.45) is 7.94. The van der Waals surface area contributed by atoms with Crippen LogP contribution in [0.15, 0.2) is 18.2 Å². The molecular formula is C19H24N2O. The summed E-state index contributed by atoms with van der Waals surface area (Å²) >= 11 is 0. The number of amides is 1. The van der Waals surface area contributed by atoms with Gasteiger partial charge >= 0.3 is 0 Å². The van der Waals surface area contributed by atoms with E-state index >= 15 is 0 Å². The summed E-state index contributed by atoms with van der Waals surface area (Å²) in [5.41, 5.74) is 3.84. The molecular weight excluding hydrogens is 272 g/mol. The second-order valence-corrected chi connectivity index (χ2v) is 7.62. The van der Waals surface area contributed by atoms with Crippen molar-refractivity contribution in [3.8, 4) is 0 Å². The lowest BCUT2D eigenvalue weighted by atomic mass is 9.76. The normalized spacial score (nSPS) is 36.4. The van der Waals surface area contributed by atoms with E-state index in [-0.39, 0.29) is 0 Å². The Kier molecular flexibility index (Phi) is 2.88. The third-order valence-corrected chi connectivity index (χ3v) is 6.49. The second-order valence-electron chi connectivity index (χ2n) is 7.62. The number of hydrogen-bond acceptors (Lipinski definition) is 2. The summed E-state index contributed by atoms with van der Waals surface area (Å²) in [7, 11) is 0. The molecule has 6 rings (SSSR count). The van der Waals surface area contributed by atoms with Crippen LogP contribution >= 0.6 is 0 Å². The Morgan fingerprint density at radius 3 is 2.73 bits per heavy atom. The molecule has 0 radical (unpaired) electrons. The molecule has 2 bridgehead atoms. The molecule has 116 valence electrons. The molecule has 3 heteroatoms. The highest BCUT2D eigenvalue weighted by molar-refractivity contribution is 5.97. The van der Waals surface area contributed by atoms with Crippen molar-refractivity contribution in [2.45, 2.75) is 50.6 Å². The molecule has 4 aliphatic heterocycles. The monoisotopic (exact) mass is 296 g/mol. The van der Waals surface area contributed by atoms with Crippen LogP contribution in [0.1, 0.15) is 59.5 Å². The highest BCUT2D eigenvalue weighted by Gasteiger charge is 2.43. The van der Waals surface area contributed by atoms with E-state index < -0.39 is 0 Å². The van der Waals surface area contributed by atoms with E-state index in [1.807, 2.05) is 0 Å². The molecule has 1 aromatic rings. The minimum absolute atomic E-state index is 0.299. The number of piperidine rings is 3. The van der Waals surface area contributed by atoms with Gasteiger partial charge in [-0.1, -0.05) is 12.1 Å². The largest absolute Gasteiger partial charge is 0.322 e. The van der Waals surface area contributed by atoms with Gasteiger partial charge in [0.05, 0.1) is 6.17 Å². The first kappa shape index (κ1) is 13.1. The number of hydrogen-bond donors (Lipinski definition) is 0. The quantitative estimate of drug-likeness (QED) is 0.795. The molecule has 1 aromatic carbocycles. The third-order valence-electron chi connectivity index (χ3n) is 6.49. The molecule has 0 unspecified atom stereocenters. The van der Waals surface area contributed by atoms with E-state index in [1.54, 1.807) is 0 Å². The Bertz CT molecular complexity index is 618. The van der Waals surface area contributed by atoms with E-state index in [9.17, 15) is 4.79 Å². The van der Waals surface area contributed by atoms with Crippen molar-refractivity contribution in [1.82, 2.24) is 9.80 Å². The summed E-state index contributed by atoms with van der Waals surface area (Å²) in [5, 5.41) is 0. The first-order valence-corrected chi connectivity index (χ1v) is 8.98. The number of nitrogens with zero attached hydrogens (tertiary/aromatic N) is 2. The summed E-state index contributed by atoms with van der Waals surface area (Å²) in [4.78, 5) is 17.9. The summed E-state index contributed by atoms with van der Waals surface area (Å²) in [5.74, 6) is 1.73. The molecule has 2 atom stereocenters. The number of carbonyl (C=O) groups is 1. The Morgan fingerprint density at radius 2 is 1.95 bits per heavy atom. The van der Waals surface area contributed by atoms with Gasteiger partial charge in [-0.25, -0.2) is 0 Å². The minimum Gasteiger partial charge on any atom is -0.322 e. The van der Waals surface area contributed by atoms with E-state index in [0.717, 1.165) is 24.4 Å². The molecule has 3 fully saturated rings. The van der Waals surface area contributed by atoms with Crippen LogP contribution in [0.5, 0.6) is 0 Å². The second kappa shape index (κ2) is 4.82. The molecule has 3 saturated heterocycles. The van der Waals surface area contributed by atoms with Crippen molar-refractivity contribution in [3.63, 3.8) is 0 Å². The van der Waals surface area contributed by atoms with Crippen molar-refractivity contribution in [3.05, 3.63) is 34.9 Å². The summed E-state index contributed by atoms with van der Waals surface area (Å²) in [6, 6.07) is 6.40. The zero-order valence-corrected chi connectivity index (χ0v) is 13.1. The molecule has 0 saturated carbocycles. The molecule has 1 amide bonds. The molecule has 1 aliphatic carbocycles. The van der Waals surface area contributed by atoms with Crippen molar-refractivity contribution in [1.29, 1.82) is 0 Å². The number of fused-ring (bicyclic) bond motifs is 3. The Morgan fingerprint density at radius 1 is 1.09 bits per heavy atom. The molecule has 4 heterocycles. The van der Waals surface area contributed by atoms with Crippen LogP contribution in [0.4, 0.5) is 0 Å². The number of rotatable bonds is 1. The molecule has 22 heavy (non-hydrogen) atoms. The SMILES string of the molecule is O=C1c2cccc3c2[C@@H](CCC3)CN1[C@@H]1CC2CCN1CC2. The maximum absolute atomic E-state index is 13.1. The van der Waals surface area contributed by atoms with E-state index in [4.69, 9.17) is 0 Å². The Balaban J connectivity index is 1.53. The number of carbonyl (C=O) groups excluding carboxylic acids is 1. The van der Waals surface area contributed by atoms with E-state index in [0.29, 0.717) is 18.0 Å². The van der Waals surface area contributed by atoms with Gasteiger partial charge in [-0.2, -0.15) is 0 Å². The maximum Gasteiger partial charge on any atom is 0.255 e. The first-order chi connectivity index (χ1) is 10.8. The Hall–Kier alpha value is -1.35. The predicted molar refractivity (Wildman–Crippen MR) is 85.9 cm³/mol. The summed E-state index contributed by atoms with van der Waals surface area (Å²) in [6.45, 7) is 3.34. The zero-order valence-electron chi connectivity index (χ0n) is 13.1. The van der Waals surface area contributed by atoms with Crippen LogP contribution in [-0.4, -0.2) is 41.5 Å². The summed E-state index contributed by atoms with van der Waals surface area (Å²) < 4.78 is 0. The average molecular weight is 296 g/mol. The van der Waals surface area contributed by atoms with Crippen LogP contribution in [-0.2, 0) is 6.42 Å². The molecule has 3 nitrogen and oxygen atoms in total. The molecule has 0 N–H and O–H groups in total. The van der Waals surface area contributed by atoms with E-state index in [2.05, 4.69) is 28.0 Å². The minimum atomic E-state index is 0.299. The van der Waals surface area contributed by atoms with Crippen LogP contribution in [0, 0.1) is 5.92 Å². The average Bonchev–Trinajstić information content (AvgIpc) is 2.59. The fourth-order valence-corrected chi connectivity index (χ4v) is 5.36. The lowest BCUT2D eigenvalue weighted by Gasteiger charge is -2.52. The van der Waals surface area contributed by atoms with Gasteiger partial charge in [-0.15, -0.1) is 0 Å². The third kappa shape index (κ3) is 1.81.